The third kappa shape index (κ3) is 10.1. The van der Waals surface area contributed by atoms with Crippen LogP contribution in [0.25, 0.3) is 0 Å². The molecule has 0 aliphatic carbocycles. The summed E-state index contributed by atoms with van der Waals surface area (Å²) < 4.78 is 32.2. The molecule has 0 aromatic heterocycles. The van der Waals surface area contributed by atoms with Crippen LogP contribution in [0.1, 0.15) is 51.2 Å². The third-order valence-corrected chi connectivity index (χ3v) is 9.15. The van der Waals surface area contributed by atoms with Crippen LogP contribution in [0, 0.1) is 0 Å². The van der Waals surface area contributed by atoms with Crippen LogP contribution in [0.5, 0.6) is 5.75 Å². The first kappa shape index (κ1) is 35.2. The zero-order chi connectivity index (χ0) is 32.3. The lowest BCUT2D eigenvalue weighted by molar-refractivity contribution is -0.141. The second-order valence-corrected chi connectivity index (χ2v) is 13.3. The Balaban J connectivity index is 1.91. The molecule has 0 spiro atoms. The molecule has 3 aromatic rings. The highest BCUT2D eigenvalue weighted by Gasteiger charge is 2.32. The Morgan fingerprint density at radius 3 is 2.14 bits per heavy atom. The van der Waals surface area contributed by atoms with Crippen molar-refractivity contribution in [3.8, 4) is 5.75 Å². The SMILES string of the molecule is CCOc1ccc(N(CCCC(=O)N(Cc2c(Cl)cccc2Cl)[C@@H](Cc2ccccc2)C(=O)N[C@@H](C)CC)S(C)(=O)=O)cc1. The zero-order valence-corrected chi connectivity index (χ0v) is 28.0. The topological polar surface area (TPSA) is 96.0 Å². The number of nitrogens with one attached hydrogen (secondary N) is 1. The van der Waals surface area contributed by atoms with Gasteiger partial charge in [-0.3, -0.25) is 13.9 Å². The summed E-state index contributed by atoms with van der Waals surface area (Å²) >= 11 is 13.0. The van der Waals surface area contributed by atoms with Crippen molar-refractivity contribution in [3.05, 3.63) is 94.0 Å². The van der Waals surface area contributed by atoms with E-state index in [4.69, 9.17) is 27.9 Å². The molecule has 0 fully saturated rings. The van der Waals surface area contributed by atoms with E-state index in [2.05, 4.69) is 5.32 Å². The molecule has 11 heteroatoms. The van der Waals surface area contributed by atoms with Gasteiger partial charge in [0.1, 0.15) is 11.8 Å². The maximum atomic E-state index is 14.0. The quantitative estimate of drug-likeness (QED) is 0.189. The highest BCUT2D eigenvalue weighted by molar-refractivity contribution is 7.92. The number of ether oxygens (including phenoxy) is 1. The van der Waals surface area contributed by atoms with Gasteiger partial charge in [0.05, 0.1) is 18.6 Å². The molecule has 0 heterocycles. The predicted molar refractivity (Wildman–Crippen MR) is 178 cm³/mol. The van der Waals surface area contributed by atoms with Gasteiger partial charge in [0.15, 0.2) is 0 Å². The Bertz CT molecular complexity index is 1470. The number of rotatable bonds is 16. The Morgan fingerprint density at radius 2 is 1.57 bits per heavy atom. The second kappa shape index (κ2) is 16.7. The molecule has 0 aliphatic heterocycles. The van der Waals surface area contributed by atoms with Gasteiger partial charge in [-0.15, -0.1) is 0 Å². The first-order chi connectivity index (χ1) is 20.9. The minimum atomic E-state index is -3.64. The molecular weight excluding hydrogens is 621 g/mol. The van der Waals surface area contributed by atoms with Gasteiger partial charge in [-0.25, -0.2) is 8.42 Å². The summed E-state index contributed by atoms with van der Waals surface area (Å²) in [7, 11) is -3.64. The molecule has 0 unspecified atom stereocenters. The minimum absolute atomic E-state index is 0.00692. The van der Waals surface area contributed by atoms with Crippen molar-refractivity contribution in [2.75, 3.05) is 23.7 Å². The standard InChI is InChI=1S/C33H41Cl2N3O5S/c1-5-24(3)36-33(40)31(22-25-12-8-7-9-13-25)37(23-28-29(34)14-10-15-30(28)35)32(39)16-11-21-38(44(4,41)42)26-17-19-27(20-18-26)43-6-2/h7-10,12-15,17-20,24,31H,5-6,11,16,21-23H2,1-4H3,(H,36,40)/t24-,31-/m0/s1. The summed E-state index contributed by atoms with van der Waals surface area (Å²) in [6.07, 6.45) is 2.34. The van der Waals surface area contributed by atoms with E-state index in [1.54, 1.807) is 42.5 Å². The molecule has 1 N–H and O–H groups in total. The van der Waals surface area contributed by atoms with E-state index >= 15 is 0 Å². The van der Waals surface area contributed by atoms with Gasteiger partial charge in [-0.05, 0) is 68.7 Å². The summed E-state index contributed by atoms with van der Waals surface area (Å²) in [4.78, 5) is 29.3. The van der Waals surface area contributed by atoms with Gasteiger partial charge in [0.2, 0.25) is 21.8 Å². The number of sulfonamides is 1. The second-order valence-electron chi connectivity index (χ2n) is 10.6. The average molecular weight is 663 g/mol. The van der Waals surface area contributed by atoms with Crippen LogP contribution in [0.4, 0.5) is 5.69 Å². The van der Waals surface area contributed by atoms with Gasteiger partial charge in [-0.1, -0.05) is 66.5 Å². The van der Waals surface area contributed by atoms with Crippen LogP contribution in [0.2, 0.25) is 10.0 Å². The van der Waals surface area contributed by atoms with Crippen molar-refractivity contribution in [2.24, 2.45) is 0 Å². The van der Waals surface area contributed by atoms with E-state index in [9.17, 15) is 18.0 Å². The summed E-state index contributed by atoms with van der Waals surface area (Å²) in [5.74, 6) is 0.0297. The molecule has 2 amide bonds. The molecule has 44 heavy (non-hydrogen) atoms. The Kier molecular flexibility index (Phi) is 13.4. The number of amides is 2. The Labute approximate surface area is 271 Å². The van der Waals surface area contributed by atoms with Gasteiger partial charge in [-0.2, -0.15) is 0 Å². The molecule has 0 radical (unpaired) electrons. The largest absolute Gasteiger partial charge is 0.494 e. The molecule has 0 aliphatic rings. The van der Waals surface area contributed by atoms with Crippen molar-refractivity contribution in [1.29, 1.82) is 0 Å². The lowest BCUT2D eigenvalue weighted by Crippen LogP contribution is -2.52. The van der Waals surface area contributed by atoms with Gasteiger partial charge in [0.25, 0.3) is 0 Å². The van der Waals surface area contributed by atoms with Gasteiger partial charge in [0, 0.05) is 47.6 Å². The molecule has 238 valence electrons. The van der Waals surface area contributed by atoms with Crippen LogP contribution >= 0.6 is 23.2 Å². The lowest BCUT2D eigenvalue weighted by atomic mass is 10.0. The molecule has 0 bridgehead atoms. The van der Waals surface area contributed by atoms with E-state index in [-0.39, 0.29) is 50.2 Å². The highest BCUT2D eigenvalue weighted by Crippen LogP contribution is 2.28. The van der Waals surface area contributed by atoms with Crippen molar-refractivity contribution < 1.29 is 22.7 Å². The van der Waals surface area contributed by atoms with Gasteiger partial charge >= 0.3 is 0 Å². The van der Waals surface area contributed by atoms with Crippen LogP contribution in [-0.4, -0.2) is 56.6 Å². The summed E-state index contributed by atoms with van der Waals surface area (Å²) in [6.45, 7) is 6.33. The summed E-state index contributed by atoms with van der Waals surface area (Å²) in [5, 5.41) is 3.80. The zero-order valence-electron chi connectivity index (χ0n) is 25.6. The first-order valence-electron chi connectivity index (χ1n) is 14.7. The maximum Gasteiger partial charge on any atom is 0.243 e. The number of nitrogens with zero attached hydrogens (tertiary/aromatic N) is 2. The fraction of sp³-hybridized carbons (Fsp3) is 0.394. The number of hydrogen-bond acceptors (Lipinski definition) is 5. The summed E-state index contributed by atoms with van der Waals surface area (Å²) in [6, 6.07) is 20.4. The average Bonchev–Trinajstić information content (AvgIpc) is 2.98. The van der Waals surface area contributed by atoms with Gasteiger partial charge < -0.3 is 15.0 Å². The number of anilines is 1. The lowest BCUT2D eigenvalue weighted by Gasteiger charge is -2.33. The maximum absolute atomic E-state index is 14.0. The Morgan fingerprint density at radius 1 is 0.932 bits per heavy atom. The van der Waals surface area contributed by atoms with E-state index in [0.717, 1.165) is 18.2 Å². The van der Waals surface area contributed by atoms with E-state index in [1.807, 2.05) is 51.1 Å². The van der Waals surface area contributed by atoms with Crippen LogP contribution in [0.15, 0.2) is 72.8 Å². The van der Waals surface area contributed by atoms with Crippen molar-refractivity contribution >= 4 is 50.7 Å². The molecular formula is C33H41Cl2N3O5S. The Hall–Kier alpha value is -3.27. The van der Waals surface area contributed by atoms with Crippen molar-refractivity contribution in [3.63, 3.8) is 0 Å². The molecule has 0 saturated carbocycles. The smallest absolute Gasteiger partial charge is 0.243 e. The number of halogens is 2. The summed E-state index contributed by atoms with van der Waals surface area (Å²) in [5.41, 5.74) is 1.89. The fourth-order valence-corrected chi connectivity index (χ4v) is 6.21. The van der Waals surface area contributed by atoms with Crippen LogP contribution < -0.4 is 14.4 Å². The van der Waals surface area contributed by atoms with Crippen LogP contribution in [0.3, 0.4) is 0 Å². The minimum Gasteiger partial charge on any atom is -0.494 e. The molecule has 0 saturated heterocycles. The van der Waals surface area contributed by atoms with E-state index in [0.29, 0.717) is 33.7 Å². The van der Waals surface area contributed by atoms with E-state index < -0.39 is 16.1 Å². The number of carbonyl (C=O) groups excluding carboxylic acids is 2. The van der Waals surface area contributed by atoms with Crippen molar-refractivity contribution in [2.45, 2.75) is 65.1 Å². The number of hydrogen-bond donors (Lipinski definition) is 1. The van der Waals surface area contributed by atoms with Crippen LogP contribution in [-0.2, 0) is 32.6 Å². The molecule has 8 nitrogen and oxygen atoms in total. The van der Waals surface area contributed by atoms with E-state index in [1.165, 1.54) is 9.21 Å². The first-order valence-corrected chi connectivity index (χ1v) is 17.3. The monoisotopic (exact) mass is 661 g/mol. The normalized spacial score (nSPS) is 12.7. The molecule has 3 aromatic carbocycles. The number of carbonyl (C=O) groups is 2. The molecule has 2 atom stereocenters. The fourth-order valence-electron chi connectivity index (χ4n) is 4.73. The third-order valence-electron chi connectivity index (χ3n) is 7.25. The number of benzene rings is 3. The predicted octanol–water partition coefficient (Wildman–Crippen LogP) is 6.49. The highest BCUT2D eigenvalue weighted by atomic mass is 35.5. The van der Waals surface area contributed by atoms with Crippen molar-refractivity contribution in [1.82, 2.24) is 10.2 Å². The molecule has 3 rings (SSSR count).